The van der Waals surface area contributed by atoms with Gasteiger partial charge in [0.2, 0.25) is 0 Å². The molecule has 120 valence electrons. The van der Waals surface area contributed by atoms with Crippen molar-refractivity contribution in [3.63, 3.8) is 0 Å². The van der Waals surface area contributed by atoms with E-state index in [1.165, 1.54) is 19.1 Å². The van der Waals surface area contributed by atoms with Crippen molar-refractivity contribution < 1.29 is 23.1 Å². The van der Waals surface area contributed by atoms with E-state index < -0.39 is 28.8 Å². The molecule has 0 amide bonds. The molecule has 0 aliphatic heterocycles. The number of benzene rings is 1. The molecular formula is C16H12F3NO3. The Labute approximate surface area is 129 Å². The van der Waals surface area contributed by atoms with Gasteiger partial charge in [-0.3, -0.25) is 9.36 Å². The molecule has 0 saturated carbocycles. The Balaban J connectivity index is 2.83. The summed E-state index contributed by atoms with van der Waals surface area (Å²) >= 11 is 0. The van der Waals surface area contributed by atoms with Crippen LogP contribution in [0.25, 0.3) is 11.8 Å². The first-order chi connectivity index (χ1) is 10.7. The molecule has 1 aromatic carbocycles. The maximum Gasteiger partial charge on any atom is 0.416 e. The minimum absolute atomic E-state index is 0.0616. The van der Waals surface area contributed by atoms with E-state index in [0.717, 1.165) is 28.8 Å². The molecule has 23 heavy (non-hydrogen) atoms. The lowest BCUT2D eigenvalue weighted by atomic mass is 10.1. The maximum atomic E-state index is 12.8. The molecule has 4 nitrogen and oxygen atoms in total. The predicted molar refractivity (Wildman–Crippen MR) is 78.8 cm³/mol. The first-order valence-electron chi connectivity index (χ1n) is 6.47. The van der Waals surface area contributed by atoms with Crippen LogP contribution >= 0.6 is 0 Å². The summed E-state index contributed by atoms with van der Waals surface area (Å²) in [6, 6.07) is 5.29. The Morgan fingerprint density at radius 3 is 2.48 bits per heavy atom. The highest BCUT2D eigenvalue weighted by Gasteiger charge is 2.30. The Morgan fingerprint density at radius 1 is 1.30 bits per heavy atom. The molecule has 0 atom stereocenters. The minimum atomic E-state index is -4.57. The van der Waals surface area contributed by atoms with E-state index in [2.05, 4.69) is 6.58 Å². The van der Waals surface area contributed by atoms with Crippen LogP contribution in [0.1, 0.15) is 27.2 Å². The summed E-state index contributed by atoms with van der Waals surface area (Å²) in [5.74, 6) is -1.46. The molecule has 0 saturated heterocycles. The summed E-state index contributed by atoms with van der Waals surface area (Å²) in [7, 11) is 0. The molecule has 1 heterocycles. The fourth-order valence-corrected chi connectivity index (χ4v) is 2.22. The number of hydrogen-bond donors (Lipinski definition) is 1. The smallest absolute Gasteiger partial charge is 0.416 e. The summed E-state index contributed by atoms with van der Waals surface area (Å²) in [5.41, 5.74) is -1.78. The van der Waals surface area contributed by atoms with Crippen LogP contribution < -0.4 is 5.56 Å². The van der Waals surface area contributed by atoms with Gasteiger partial charge in [-0.2, -0.15) is 13.2 Å². The van der Waals surface area contributed by atoms with E-state index in [1.54, 1.807) is 0 Å². The molecule has 0 spiro atoms. The zero-order valence-corrected chi connectivity index (χ0v) is 12.0. The van der Waals surface area contributed by atoms with Crippen molar-refractivity contribution in [1.82, 2.24) is 4.57 Å². The van der Waals surface area contributed by atoms with Crippen molar-refractivity contribution in [2.45, 2.75) is 13.1 Å². The van der Waals surface area contributed by atoms with Crippen molar-refractivity contribution >= 4 is 12.0 Å². The summed E-state index contributed by atoms with van der Waals surface area (Å²) in [6.07, 6.45) is -3.23. The number of carboxylic acid groups (broad SMARTS) is 1. The number of carboxylic acids is 1. The van der Waals surface area contributed by atoms with Crippen molar-refractivity contribution in [3.8, 4) is 5.69 Å². The highest BCUT2D eigenvalue weighted by Crippen LogP contribution is 2.30. The lowest BCUT2D eigenvalue weighted by molar-refractivity contribution is -0.137. The Hall–Kier alpha value is -2.83. The summed E-state index contributed by atoms with van der Waals surface area (Å²) in [4.78, 5) is 23.5. The van der Waals surface area contributed by atoms with E-state index in [1.807, 2.05) is 0 Å². The topological polar surface area (TPSA) is 59.3 Å². The van der Waals surface area contributed by atoms with Crippen LogP contribution in [0.4, 0.5) is 13.2 Å². The molecule has 2 aromatic rings. The van der Waals surface area contributed by atoms with Gasteiger partial charge in [0.1, 0.15) is 5.56 Å². The fourth-order valence-electron chi connectivity index (χ4n) is 2.22. The minimum Gasteiger partial charge on any atom is -0.477 e. The fraction of sp³-hybridized carbons (Fsp3) is 0.125. The summed E-state index contributed by atoms with van der Waals surface area (Å²) < 4.78 is 39.5. The van der Waals surface area contributed by atoms with Gasteiger partial charge in [-0.05, 0) is 36.8 Å². The van der Waals surface area contributed by atoms with Crippen LogP contribution in [0.3, 0.4) is 0 Å². The van der Waals surface area contributed by atoms with E-state index in [0.29, 0.717) is 11.3 Å². The van der Waals surface area contributed by atoms with E-state index in [-0.39, 0.29) is 5.69 Å². The van der Waals surface area contributed by atoms with Crippen molar-refractivity contribution in [1.29, 1.82) is 0 Å². The molecule has 1 aromatic heterocycles. The molecule has 0 bridgehead atoms. The van der Waals surface area contributed by atoms with Gasteiger partial charge in [-0.15, -0.1) is 0 Å². The molecular weight excluding hydrogens is 311 g/mol. The average Bonchev–Trinajstić information content (AvgIpc) is 2.46. The average molecular weight is 323 g/mol. The SMILES string of the molecule is C=Cc1cc(C(=O)O)c(=O)n(-c2cccc(C(F)(F)F)c2)c1C. The van der Waals surface area contributed by atoms with Gasteiger partial charge in [0.25, 0.3) is 5.56 Å². The first-order valence-corrected chi connectivity index (χ1v) is 6.47. The van der Waals surface area contributed by atoms with Crippen molar-refractivity contribution in [3.05, 3.63) is 69.6 Å². The van der Waals surface area contributed by atoms with E-state index in [9.17, 15) is 22.8 Å². The largest absolute Gasteiger partial charge is 0.477 e. The van der Waals surface area contributed by atoms with Crippen LogP contribution in [0.5, 0.6) is 0 Å². The van der Waals surface area contributed by atoms with Gasteiger partial charge in [0.05, 0.1) is 5.56 Å². The van der Waals surface area contributed by atoms with Gasteiger partial charge in [0, 0.05) is 11.4 Å². The highest BCUT2D eigenvalue weighted by molar-refractivity contribution is 5.88. The molecule has 2 rings (SSSR count). The van der Waals surface area contributed by atoms with Crippen LogP contribution in [0.15, 0.2) is 41.7 Å². The van der Waals surface area contributed by atoms with Gasteiger partial charge < -0.3 is 5.11 Å². The molecule has 0 radical (unpaired) electrons. The van der Waals surface area contributed by atoms with Crippen LogP contribution in [0, 0.1) is 6.92 Å². The van der Waals surface area contributed by atoms with Gasteiger partial charge in [0.15, 0.2) is 0 Å². The summed E-state index contributed by atoms with van der Waals surface area (Å²) in [6.45, 7) is 5.03. The normalized spacial score (nSPS) is 11.3. The Kier molecular flexibility index (Phi) is 4.14. The predicted octanol–water partition coefficient (Wildman–Crippen LogP) is 3.51. The monoisotopic (exact) mass is 323 g/mol. The Morgan fingerprint density at radius 2 is 1.96 bits per heavy atom. The van der Waals surface area contributed by atoms with Crippen LogP contribution in [-0.2, 0) is 6.18 Å². The van der Waals surface area contributed by atoms with Crippen molar-refractivity contribution in [2.75, 3.05) is 0 Å². The third-order valence-corrected chi connectivity index (χ3v) is 3.37. The van der Waals surface area contributed by atoms with Crippen molar-refractivity contribution in [2.24, 2.45) is 0 Å². The summed E-state index contributed by atoms with van der Waals surface area (Å²) in [5, 5.41) is 9.10. The number of halogens is 3. The highest BCUT2D eigenvalue weighted by atomic mass is 19.4. The number of alkyl halides is 3. The molecule has 7 heteroatoms. The van der Waals surface area contributed by atoms with Gasteiger partial charge >= 0.3 is 12.1 Å². The number of pyridine rings is 1. The quantitative estimate of drug-likeness (QED) is 0.940. The standard InChI is InChI=1S/C16H12F3NO3/c1-3-10-7-13(15(22)23)14(21)20(9(10)2)12-6-4-5-11(8-12)16(17,18)19/h3-8H,1H2,2H3,(H,22,23). The molecule has 1 N–H and O–H groups in total. The zero-order valence-electron chi connectivity index (χ0n) is 12.0. The third kappa shape index (κ3) is 3.03. The third-order valence-electron chi connectivity index (χ3n) is 3.37. The number of nitrogens with zero attached hydrogens (tertiary/aromatic N) is 1. The van der Waals surface area contributed by atoms with Crippen LogP contribution in [0.2, 0.25) is 0 Å². The second-order valence-electron chi connectivity index (χ2n) is 4.80. The van der Waals surface area contributed by atoms with E-state index >= 15 is 0 Å². The zero-order chi connectivity index (χ0) is 17.4. The second kappa shape index (κ2) is 5.75. The number of hydrogen-bond acceptors (Lipinski definition) is 2. The van der Waals surface area contributed by atoms with E-state index in [4.69, 9.17) is 5.11 Å². The molecule has 0 fully saturated rings. The number of carbonyl (C=O) groups is 1. The number of rotatable bonds is 3. The second-order valence-corrected chi connectivity index (χ2v) is 4.80. The van der Waals surface area contributed by atoms with Crippen LogP contribution in [-0.4, -0.2) is 15.6 Å². The molecule has 0 unspecified atom stereocenters. The Bertz CT molecular complexity index is 851. The lowest BCUT2D eigenvalue weighted by Gasteiger charge is -2.15. The molecule has 0 aliphatic rings. The molecule has 0 aliphatic carbocycles. The maximum absolute atomic E-state index is 12.8. The number of aromatic nitrogens is 1. The van der Waals surface area contributed by atoms with Gasteiger partial charge in [-0.25, -0.2) is 4.79 Å². The first kappa shape index (κ1) is 16.5. The number of aromatic carboxylic acids is 1. The van der Waals surface area contributed by atoms with Gasteiger partial charge in [-0.1, -0.05) is 18.7 Å². The lowest BCUT2D eigenvalue weighted by Crippen LogP contribution is -2.27.